The summed E-state index contributed by atoms with van der Waals surface area (Å²) in [7, 11) is 0. The molecule has 1 aliphatic rings. The average molecular weight is 301 g/mol. The highest BCUT2D eigenvalue weighted by molar-refractivity contribution is 6.40. The number of rotatable bonds is 2. The average Bonchev–Trinajstić information content (AvgIpc) is 2.40. The van der Waals surface area contributed by atoms with Gasteiger partial charge in [0.1, 0.15) is 0 Å². The van der Waals surface area contributed by atoms with Crippen molar-refractivity contribution in [2.45, 2.75) is 19.8 Å². The molecule has 0 spiro atoms. The number of hydrogen-bond donors (Lipinski definition) is 2. The zero-order chi connectivity index (χ0) is 14.0. The first-order valence-electron chi connectivity index (χ1n) is 6.01. The molecule has 1 heterocycles. The second kappa shape index (κ2) is 5.80. The molecule has 1 aromatic rings. The highest BCUT2D eigenvalue weighted by atomic mass is 35.5. The van der Waals surface area contributed by atoms with Gasteiger partial charge < -0.3 is 10.6 Å². The van der Waals surface area contributed by atoms with Crippen molar-refractivity contribution in [3.8, 4) is 0 Å². The molecule has 0 aromatic heterocycles. The van der Waals surface area contributed by atoms with Gasteiger partial charge in [0.2, 0.25) is 11.8 Å². The monoisotopic (exact) mass is 300 g/mol. The van der Waals surface area contributed by atoms with Crippen LogP contribution in [0.1, 0.15) is 18.4 Å². The Labute approximate surface area is 121 Å². The van der Waals surface area contributed by atoms with Crippen molar-refractivity contribution < 1.29 is 9.59 Å². The summed E-state index contributed by atoms with van der Waals surface area (Å²) < 4.78 is 0. The Morgan fingerprint density at radius 1 is 1.42 bits per heavy atom. The van der Waals surface area contributed by atoms with E-state index in [9.17, 15) is 9.59 Å². The summed E-state index contributed by atoms with van der Waals surface area (Å²) in [5.74, 6) is -0.435. The van der Waals surface area contributed by atoms with Crippen LogP contribution in [-0.2, 0) is 9.59 Å². The lowest BCUT2D eigenvalue weighted by Crippen LogP contribution is -2.40. The zero-order valence-electron chi connectivity index (χ0n) is 10.4. The van der Waals surface area contributed by atoms with Gasteiger partial charge in [0, 0.05) is 13.0 Å². The molecule has 1 fully saturated rings. The van der Waals surface area contributed by atoms with Crippen molar-refractivity contribution in [3.63, 3.8) is 0 Å². The molecule has 1 aromatic carbocycles. The van der Waals surface area contributed by atoms with Gasteiger partial charge in [-0.15, -0.1) is 0 Å². The lowest BCUT2D eigenvalue weighted by molar-refractivity contribution is -0.126. The molecule has 0 radical (unpaired) electrons. The van der Waals surface area contributed by atoms with Crippen molar-refractivity contribution in [3.05, 3.63) is 27.7 Å². The Hall–Kier alpha value is -1.26. The van der Waals surface area contributed by atoms with Crippen LogP contribution in [0, 0.1) is 12.8 Å². The number of anilines is 1. The molecule has 0 saturated carbocycles. The molecule has 0 bridgehead atoms. The van der Waals surface area contributed by atoms with Gasteiger partial charge in [0.25, 0.3) is 0 Å². The second-order valence-corrected chi connectivity index (χ2v) is 5.37. The summed E-state index contributed by atoms with van der Waals surface area (Å²) in [5, 5.41) is 6.27. The van der Waals surface area contributed by atoms with Crippen LogP contribution >= 0.6 is 23.2 Å². The minimum Gasteiger partial charge on any atom is -0.355 e. The third kappa shape index (κ3) is 3.19. The van der Waals surface area contributed by atoms with Gasteiger partial charge in [-0.05, 0) is 25.0 Å². The van der Waals surface area contributed by atoms with Gasteiger partial charge in [-0.3, -0.25) is 9.59 Å². The number of aryl methyl sites for hydroxylation is 1. The fourth-order valence-electron chi connectivity index (χ4n) is 1.95. The van der Waals surface area contributed by atoms with E-state index in [1.165, 1.54) is 0 Å². The van der Waals surface area contributed by atoms with Gasteiger partial charge in [-0.25, -0.2) is 0 Å². The normalized spacial score (nSPS) is 18.9. The lowest BCUT2D eigenvalue weighted by atomic mass is 9.98. The summed E-state index contributed by atoms with van der Waals surface area (Å²) in [6.45, 7) is 2.20. The van der Waals surface area contributed by atoms with Crippen LogP contribution in [-0.4, -0.2) is 18.4 Å². The predicted molar refractivity (Wildman–Crippen MR) is 75.6 cm³/mol. The largest absolute Gasteiger partial charge is 0.355 e. The quantitative estimate of drug-likeness (QED) is 0.882. The number of nitrogens with one attached hydrogen (secondary N) is 2. The van der Waals surface area contributed by atoms with Crippen LogP contribution in [0.5, 0.6) is 0 Å². The van der Waals surface area contributed by atoms with Gasteiger partial charge in [-0.1, -0.05) is 29.3 Å². The Morgan fingerprint density at radius 3 is 2.79 bits per heavy atom. The highest BCUT2D eigenvalue weighted by Gasteiger charge is 2.25. The van der Waals surface area contributed by atoms with Gasteiger partial charge in [0.15, 0.2) is 0 Å². The van der Waals surface area contributed by atoms with E-state index in [0.29, 0.717) is 35.1 Å². The second-order valence-electron chi connectivity index (χ2n) is 4.58. The van der Waals surface area contributed by atoms with E-state index in [-0.39, 0.29) is 17.7 Å². The number of hydrogen-bond acceptors (Lipinski definition) is 2. The molecule has 6 heteroatoms. The van der Waals surface area contributed by atoms with E-state index in [1.807, 2.05) is 6.92 Å². The summed E-state index contributed by atoms with van der Waals surface area (Å²) in [4.78, 5) is 23.2. The molecule has 1 aliphatic heterocycles. The smallest absolute Gasteiger partial charge is 0.229 e. The van der Waals surface area contributed by atoms with Gasteiger partial charge in [0.05, 0.1) is 21.7 Å². The van der Waals surface area contributed by atoms with Crippen LogP contribution in [0.2, 0.25) is 10.0 Å². The Balaban J connectivity index is 2.11. The fourth-order valence-corrected chi connectivity index (χ4v) is 2.42. The minimum absolute atomic E-state index is 0.0179. The number of amides is 2. The lowest BCUT2D eigenvalue weighted by Gasteiger charge is -2.22. The summed E-state index contributed by atoms with van der Waals surface area (Å²) in [6.07, 6.45) is 0.909. The van der Waals surface area contributed by atoms with E-state index in [4.69, 9.17) is 23.2 Å². The molecule has 2 rings (SSSR count). The van der Waals surface area contributed by atoms with Crippen LogP contribution in [0.15, 0.2) is 12.1 Å². The molecular weight excluding hydrogens is 287 g/mol. The molecule has 4 nitrogen and oxygen atoms in total. The van der Waals surface area contributed by atoms with Gasteiger partial charge >= 0.3 is 0 Å². The maximum absolute atomic E-state index is 12.1. The molecule has 102 valence electrons. The van der Waals surface area contributed by atoms with Crippen molar-refractivity contribution in [2.24, 2.45) is 5.92 Å². The van der Waals surface area contributed by atoms with E-state index in [0.717, 1.165) is 5.56 Å². The molecule has 1 saturated heterocycles. The predicted octanol–water partition coefficient (Wildman–Crippen LogP) is 2.77. The molecule has 19 heavy (non-hydrogen) atoms. The first-order chi connectivity index (χ1) is 8.99. The molecule has 2 amide bonds. The molecule has 2 N–H and O–H groups in total. The van der Waals surface area contributed by atoms with E-state index in [1.54, 1.807) is 12.1 Å². The maximum atomic E-state index is 12.1. The first-order valence-corrected chi connectivity index (χ1v) is 6.77. The van der Waals surface area contributed by atoms with Crippen LogP contribution in [0.4, 0.5) is 5.69 Å². The summed E-state index contributed by atoms with van der Waals surface area (Å²) >= 11 is 12.2. The minimum atomic E-state index is -0.245. The zero-order valence-corrected chi connectivity index (χ0v) is 11.9. The van der Waals surface area contributed by atoms with Crippen molar-refractivity contribution in [1.29, 1.82) is 0 Å². The van der Waals surface area contributed by atoms with Crippen LogP contribution < -0.4 is 10.6 Å². The third-order valence-electron chi connectivity index (χ3n) is 3.17. The molecule has 1 unspecified atom stereocenters. The molecule has 0 aliphatic carbocycles. The first kappa shape index (κ1) is 14.2. The topological polar surface area (TPSA) is 58.2 Å². The number of carbonyl (C=O) groups is 2. The standard InChI is InChI=1S/C13H14Cl2N2O2/c1-7-2-4-9(14)12(11(7)15)17-13(19)8-3-5-10(18)16-6-8/h2,4,8H,3,5-6H2,1H3,(H,16,18)(H,17,19). The number of piperidine rings is 1. The number of carbonyl (C=O) groups excluding carboxylic acids is 2. The van der Waals surface area contributed by atoms with E-state index >= 15 is 0 Å². The molecule has 1 atom stereocenters. The molecular formula is C13H14Cl2N2O2. The Kier molecular flexibility index (Phi) is 4.32. The summed E-state index contributed by atoms with van der Waals surface area (Å²) in [5.41, 5.74) is 1.28. The van der Waals surface area contributed by atoms with Crippen molar-refractivity contribution in [2.75, 3.05) is 11.9 Å². The van der Waals surface area contributed by atoms with Crippen LogP contribution in [0.3, 0.4) is 0 Å². The number of benzene rings is 1. The summed E-state index contributed by atoms with van der Waals surface area (Å²) in [6, 6.07) is 3.49. The Morgan fingerprint density at radius 2 is 2.16 bits per heavy atom. The SMILES string of the molecule is Cc1ccc(Cl)c(NC(=O)C2CCC(=O)NC2)c1Cl. The number of halogens is 2. The fraction of sp³-hybridized carbons (Fsp3) is 0.385. The van der Waals surface area contributed by atoms with Gasteiger partial charge in [-0.2, -0.15) is 0 Å². The van der Waals surface area contributed by atoms with E-state index in [2.05, 4.69) is 10.6 Å². The van der Waals surface area contributed by atoms with Crippen molar-refractivity contribution in [1.82, 2.24) is 5.32 Å². The van der Waals surface area contributed by atoms with E-state index < -0.39 is 0 Å². The third-order valence-corrected chi connectivity index (χ3v) is 3.97. The highest BCUT2D eigenvalue weighted by Crippen LogP contribution is 2.33. The van der Waals surface area contributed by atoms with Crippen LogP contribution in [0.25, 0.3) is 0 Å². The maximum Gasteiger partial charge on any atom is 0.229 e. The van der Waals surface area contributed by atoms with Crippen molar-refractivity contribution >= 4 is 40.7 Å². The Bertz CT molecular complexity index is 522.